The summed E-state index contributed by atoms with van der Waals surface area (Å²) in [5.74, 6) is 0.936. The Morgan fingerprint density at radius 1 is 1.19 bits per heavy atom. The van der Waals surface area contributed by atoms with Gasteiger partial charge in [-0.3, -0.25) is 4.90 Å². The van der Waals surface area contributed by atoms with E-state index in [2.05, 4.69) is 43.0 Å². The van der Waals surface area contributed by atoms with Gasteiger partial charge >= 0.3 is 0 Å². The standard InChI is InChI=1S/C18H25NO2/c1-3-6-17(20)13-19(14-18-9-5-10-21-18)12-16-8-4-7-15(2)11-16/h4-5,7-11,17,20H,3,6,12-14H2,1-2H3. The quantitative estimate of drug-likeness (QED) is 0.803. The van der Waals surface area contributed by atoms with E-state index in [4.69, 9.17) is 4.42 Å². The van der Waals surface area contributed by atoms with E-state index in [0.717, 1.165) is 31.7 Å². The molecule has 2 aromatic rings. The molecule has 0 aliphatic rings. The Morgan fingerprint density at radius 2 is 2.05 bits per heavy atom. The minimum absolute atomic E-state index is 0.283. The Balaban J connectivity index is 2.03. The predicted octanol–water partition coefficient (Wildman–Crippen LogP) is 3.75. The lowest BCUT2D eigenvalue weighted by molar-refractivity contribution is 0.0932. The Hall–Kier alpha value is -1.58. The third-order valence-electron chi connectivity index (χ3n) is 3.54. The number of nitrogens with zero attached hydrogens (tertiary/aromatic N) is 1. The molecular formula is C18H25NO2. The second-order valence-corrected chi connectivity index (χ2v) is 5.68. The van der Waals surface area contributed by atoms with Gasteiger partial charge in [-0.25, -0.2) is 0 Å². The van der Waals surface area contributed by atoms with Gasteiger partial charge in [0.2, 0.25) is 0 Å². The number of rotatable bonds is 8. The molecule has 0 saturated carbocycles. The van der Waals surface area contributed by atoms with Gasteiger partial charge in [0, 0.05) is 13.1 Å². The van der Waals surface area contributed by atoms with Gasteiger partial charge in [-0.1, -0.05) is 43.2 Å². The van der Waals surface area contributed by atoms with Crippen molar-refractivity contribution < 1.29 is 9.52 Å². The molecule has 114 valence electrons. The lowest BCUT2D eigenvalue weighted by Crippen LogP contribution is -2.31. The van der Waals surface area contributed by atoms with Gasteiger partial charge in [0.1, 0.15) is 5.76 Å². The van der Waals surface area contributed by atoms with Crippen LogP contribution in [0.3, 0.4) is 0 Å². The van der Waals surface area contributed by atoms with Crippen molar-refractivity contribution >= 4 is 0 Å². The molecule has 0 fully saturated rings. The highest BCUT2D eigenvalue weighted by molar-refractivity contribution is 5.22. The lowest BCUT2D eigenvalue weighted by Gasteiger charge is -2.24. The van der Waals surface area contributed by atoms with Crippen molar-refractivity contribution in [3.63, 3.8) is 0 Å². The van der Waals surface area contributed by atoms with Crippen molar-refractivity contribution in [1.82, 2.24) is 4.90 Å². The Kier molecular flexibility index (Phi) is 6.03. The van der Waals surface area contributed by atoms with E-state index < -0.39 is 0 Å². The maximum atomic E-state index is 10.1. The maximum Gasteiger partial charge on any atom is 0.117 e. The summed E-state index contributed by atoms with van der Waals surface area (Å²) in [5, 5.41) is 10.1. The molecule has 1 unspecified atom stereocenters. The van der Waals surface area contributed by atoms with Gasteiger partial charge in [0.05, 0.1) is 18.9 Å². The zero-order chi connectivity index (χ0) is 15.1. The van der Waals surface area contributed by atoms with E-state index >= 15 is 0 Å². The topological polar surface area (TPSA) is 36.6 Å². The summed E-state index contributed by atoms with van der Waals surface area (Å²) in [4.78, 5) is 2.24. The number of aliphatic hydroxyl groups excluding tert-OH is 1. The molecule has 0 bridgehead atoms. The fourth-order valence-corrected chi connectivity index (χ4v) is 2.60. The molecule has 1 atom stereocenters. The summed E-state index contributed by atoms with van der Waals surface area (Å²) >= 11 is 0. The first kappa shape index (κ1) is 15.8. The summed E-state index contributed by atoms with van der Waals surface area (Å²) in [6.45, 7) is 6.42. The van der Waals surface area contributed by atoms with Gasteiger partial charge in [0.15, 0.2) is 0 Å². The highest BCUT2D eigenvalue weighted by Crippen LogP contribution is 2.13. The largest absolute Gasteiger partial charge is 0.468 e. The van der Waals surface area contributed by atoms with E-state index in [9.17, 15) is 5.11 Å². The van der Waals surface area contributed by atoms with Crippen LogP contribution in [0, 0.1) is 6.92 Å². The monoisotopic (exact) mass is 287 g/mol. The van der Waals surface area contributed by atoms with Crippen molar-refractivity contribution in [2.45, 2.75) is 45.9 Å². The van der Waals surface area contributed by atoms with Crippen LogP contribution in [-0.2, 0) is 13.1 Å². The Morgan fingerprint density at radius 3 is 2.71 bits per heavy atom. The van der Waals surface area contributed by atoms with Gasteiger partial charge in [-0.05, 0) is 31.0 Å². The molecule has 1 heterocycles. The van der Waals surface area contributed by atoms with Crippen LogP contribution in [0.4, 0.5) is 0 Å². The van der Waals surface area contributed by atoms with Gasteiger partial charge in [-0.2, -0.15) is 0 Å². The van der Waals surface area contributed by atoms with E-state index in [1.54, 1.807) is 6.26 Å². The summed E-state index contributed by atoms with van der Waals surface area (Å²) in [5.41, 5.74) is 2.53. The summed E-state index contributed by atoms with van der Waals surface area (Å²) < 4.78 is 5.44. The van der Waals surface area contributed by atoms with Crippen molar-refractivity contribution in [3.05, 3.63) is 59.5 Å². The highest BCUT2D eigenvalue weighted by atomic mass is 16.3. The van der Waals surface area contributed by atoms with Crippen LogP contribution in [0.1, 0.15) is 36.7 Å². The SMILES string of the molecule is CCCC(O)CN(Cc1cccc(C)c1)Cc1ccco1. The molecule has 0 aliphatic carbocycles. The second kappa shape index (κ2) is 8.01. The van der Waals surface area contributed by atoms with Crippen molar-refractivity contribution in [2.24, 2.45) is 0 Å². The van der Waals surface area contributed by atoms with Crippen LogP contribution in [0.2, 0.25) is 0 Å². The van der Waals surface area contributed by atoms with E-state index in [1.807, 2.05) is 12.1 Å². The molecule has 1 N–H and O–H groups in total. The average Bonchev–Trinajstić information content (AvgIpc) is 2.91. The third-order valence-corrected chi connectivity index (χ3v) is 3.54. The predicted molar refractivity (Wildman–Crippen MR) is 84.9 cm³/mol. The summed E-state index contributed by atoms with van der Waals surface area (Å²) in [7, 11) is 0. The van der Waals surface area contributed by atoms with Crippen LogP contribution >= 0.6 is 0 Å². The minimum atomic E-state index is -0.283. The number of aliphatic hydroxyl groups is 1. The maximum absolute atomic E-state index is 10.1. The molecule has 2 rings (SSSR count). The molecule has 3 nitrogen and oxygen atoms in total. The second-order valence-electron chi connectivity index (χ2n) is 5.68. The average molecular weight is 287 g/mol. The van der Waals surface area contributed by atoms with Crippen LogP contribution in [0.15, 0.2) is 47.1 Å². The molecule has 21 heavy (non-hydrogen) atoms. The fraction of sp³-hybridized carbons (Fsp3) is 0.444. The van der Waals surface area contributed by atoms with Crippen molar-refractivity contribution in [1.29, 1.82) is 0 Å². The van der Waals surface area contributed by atoms with Gasteiger partial charge < -0.3 is 9.52 Å². The van der Waals surface area contributed by atoms with Crippen molar-refractivity contribution in [3.8, 4) is 0 Å². The third kappa shape index (κ3) is 5.37. The van der Waals surface area contributed by atoms with Crippen LogP contribution in [0.25, 0.3) is 0 Å². The molecule has 0 saturated heterocycles. The van der Waals surface area contributed by atoms with E-state index in [1.165, 1.54) is 11.1 Å². The fourth-order valence-electron chi connectivity index (χ4n) is 2.60. The number of hydrogen-bond acceptors (Lipinski definition) is 3. The molecule has 0 amide bonds. The van der Waals surface area contributed by atoms with E-state index in [0.29, 0.717) is 6.54 Å². The normalized spacial score (nSPS) is 12.8. The van der Waals surface area contributed by atoms with E-state index in [-0.39, 0.29) is 6.10 Å². The first-order valence-electron chi connectivity index (χ1n) is 7.65. The molecule has 0 radical (unpaired) electrons. The molecular weight excluding hydrogens is 262 g/mol. The van der Waals surface area contributed by atoms with Crippen LogP contribution in [-0.4, -0.2) is 22.7 Å². The number of furan rings is 1. The summed E-state index contributed by atoms with van der Waals surface area (Å²) in [6.07, 6.45) is 3.25. The minimum Gasteiger partial charge on any atom is -0.468 e. The lowest BCUT2D eigenvalue weighted by atomic mass is 10.1. The van der Waals surface area contributed by atoms with Gasteiger partial charge in [-0.15, -0.1) is 0 Å². The Bertz CT molecular complexity index is 522. The zero-order valence-electron chi connectivity index (χ0n) is 13.0. The number of benzene rings is 1. The first-order chi connectivity index (χ1) is 10.2. The van der Waals surface area contributed by atoms with Gasteiger partial charge in [0.25, 0.3) is 0 Å². The number of aryl methyl sites for hydroxylation is 1. The molecule has 3 heteroatoms. The zero-order valence-corrected chi connectivity index (χ0v) is 13.0. The Labute approximate surface area is 127 Å². The van der Waals surface area contributed by atoms with Crippen LogP contribution < -0.4 is 0 Å². The molecule has 1 aromatic carbocycles. The molecule has 0 spiro atoms. The summed E-state index contributed by atoms with van der Waals surface area (Å²) in [6, 6.07) is 12.4. The van der Waals surface area contributed by atoms with Crippen LogP contribution in [0.5, 0.6) is 0 Å². The number of hydrogen-bond donors (Lipinski definition) is 1. The smallest absolute Gasteiger partial charge is 0.117 e. The molecule has 0 aliphatic heterocycles. The van der Waals surface area contributed by atoms with Crippen molar-refractivity contribution in [2.75, 3.05) is 6.54 Å². The molecule has 1 aromatic heterocycles. The first-order valence-corrected chi connectivity index (χ1v) is 7.65. The highest BCUT2D eigenvalue weighted by Gasteiger charge is 2.13.